The van der Waals surface area contributed by atoms with Crippen molar-refractivity contribution in [3.05, 3.63) is 0 Å². The van der Waals surface area contributed by atoms with Crippen LogP contribution in [-0.4, -0.2) is 46.1 Å². The Morgan fingerprint density at radius 3 is 2.25 bits per heavy atom. The van der Waals surface area contributed by atoms with Crippen LogP contribution in [0, 0.1) is 0 Å². The van der Waals surface area contributed by atoms with E-state index < -0.39 is 0 Å². The third kappa shape index (κ3) is 1.91. The van der Waals surface area contributed by atoms with Crippen molar-refractivity contribution in [1.29, 1.82) is 0 Å². The summed E-state index contributed by atoms with van der Waals surface area (Å²) in [5.41, 5.74) is 0.323. The highest BCUT2D eigenvalue weighted by atomic mass is 15.4. The van der Waals surface area contributed by atoms with E-state index in [1.54, 1.807) is 0 Å². The molecular formula is C14H28N2. The third-order valence-electron chi connectivity index (χ3n) is 4.51. The number of hydrogen-bond donors (Lipinski definition) is 0. The van der Waals surface area contributed by atoms with Crippen LogP contribution in [0.2, 0.25) is 0 Å². The third-order valence-corrected chi connectivity index (χ3v) is 4.51. The lowest BCUT2D eigenvalue weighted by atomic mass is 9.95. The van der Waals surface area contributed by atoms with Crippen molar-refractivity contribution in [3.63, 3.8) is 0 Å². The monoisotopic (exact) mass is 224 g/mol. The topological polar surface area (TPSA) is 6.48 Å². The fourth-order valence-corrected chi connectivity index (χ4v) is 3.90. The van der Waals surface area contributed by atoms with Crippen LogP contribution in [0.15, 0.2) is 0 Å². The Morgan fingerprint density at radius 1 is 1.12 bits per heavy atom. The van der Waals surface area contributed by atoms with Crippen LogP contribution in [0.3, 0.4) is 0 Å². The molecule has 2 heteroatoms. The number of piperazine rings is 1. The van der Waals surface area contributed by atoms with Crippen LogP contribution < -0.4 is 0 Å². The predicted molar refractivity (Wildman–Crippen MR) is 69.7 cm³/mol. The molecule has 0 aromatic carbocycles. The number of likely N-dealkylation sites (tertiary alicyclic amines) is 1. The Morgan fingerprint density at radius 2 is 1.75 bits per heavy atom. The maximum Gasteiger partial charge on any atom is 0.0255 e. The quantitative estimate of drug-likeness (QED) is 0.676. The molecule has 2 heterocycles. The summed E-state index contributed by atoms with van der Waals surface area (Å²) in [7, 11) is 0. The SMILES string of the molecule is CC(C)N1C2CCC1C(C)N(C(C)(C)C)C2. The second-order valence-corrected chi connectivity index (χ2v) is 6.90. The summed E-state index contributed by atoms with van der Waals surface area (Å²) in [4.78, 5) is 5.49. The molecule has 0 N–H and O–H groups in total. The predicted octanol–water partition coefficient (Wildman–Crippen LogP) is 2.73. The summed E-state index contributed by atoms with van der Waals surface area (Å²) in [5, 5.41) is 0. The number of rotatable bonds is 1. The van der Waals surface area contributed by atoms with Gasteiger partial charge in [-0.2, -0.15) is 0 Å². The smallest absolute Gasteiger partial charge is 0.0255 e. The van der Waals surface area contributed by atoms with E-state index in [0.717, 1.165) is 12.1 Å². The second kappa shape index (κ2) is 3.99. The van der Waals surface area contributed by atoms with Gasteiger partial charge >= 0.3 is 0 Å². The zero-order valence-electron chi connectivity index (χ0n) is 11.8. The standard InChI is InChI=1S/C14H28N2/c1-10(2)16-12-7-8-13(16)11(3)15(9-12)14(4,5)6/h10-13H,7-9H2,1-6H3. The first-order valence-electron chi connectivity index (χ1n) is 6.86. The second-order valence-electron chi connectivity index (χ2n) is 6.90. The molecule has 3 unspecified atom stereocenters. The molecule has 0 radical (unpaired) electrons. The molecule has 94 valence electrons. The maximum absolute atomic E-state index is 2.77. The molecule has 2 saturated heterocycles. The Kier molecular flexibility index (Phi) is 3.09. The summed E-state index contributed by atoms with van der Waals surface area (Å²) in [5.74, 6) is 0. The van der Waals surface area contributed by atoms with Crippen molar-refractivity contribution < 1.29 is 0 Å². The van der Waals surface area contributed by atoms with E-state index in [-0.39, 0.29) is 0 Å². The highest BCUT2D eigenvalue weighted by Crippen LogP contribution is 2.38. The summed E-state index contributed by atoms with van der Waals surface area (Å²) in [6, 6.07) is 3.02. The van der Waals surface area contributed by atoms with Crippen LogP contribution in [0.25, 0.3) is 0 Å². The lowest BCUT2D eigenvalue weighted by Gasteiger charge is -2.52. The van der Waals surface area contributed by atoms with Gasteiger partial charge in [0, 0.05) is 36.3 Å². The van der Waals surface area contributed by atoms with E-state index in [2.05, 4.69) is 51.3 Å². The van der Waals surface area contributed by atoms with Crippen LogP contribution in [0.4, 0.5) is 0 Å². The van der Waals surface area contributed by atoms with Crippen molar-refractivity contribution in [3.8, 4) is 0 Å². The minimum Gasteiger partial charge on any atom is -0.293 e. The van der Waals surface area contributed by atoms with Crippen molar-refractivity contribution in [2.75, 3.05) is 6.54 Å². The summed E-state index contributed by atoms with van der Waals surface area (Å²) < 4.78 is 0. The van der Waals surface area contributed by atoms with Gasteiger partial charge in [0.15, 0.2) is 0 Å². The minimum atomic E-state index is 0.323. The molecular weight excluding hydrogens is 196 g/mol. The first kappa shape index (κ1) is 12.4. The number of fused-ring (bicyclic) bond motifs is 2. The van der Waals surface area contributed by atoms with Gasteiger partial charge in [0.05, 0.1) is 0 Å². The van der Waals surface area contributed by atoms with E-state index >= 15 is 0 Å². The highest BCUT2D eigenvalue weighted by Gasteiger charge is 2.47. The van der Waals surface area contributed by atoms with Crippen molar-refractivity contribution >= 4 is 0 Å². The van der Waals surface area contributed by atoms with Gasteiger partial charge in [-0.05, 0) is 54.4 Å². The normalized spacial score (nSPS) is 37.3. The molecule has 0 amide bonds. The van der Waals surface area contributed by atoms with E-state index in [4.69, 9.17) is 0 Å². The van der Waals surface area contributed by atoms with Crippen LogP contribution >= 0.6 is 0 Å². The van der Waals surface area contributed by atoms with Crippen LogP contribution in [-0.2, 0) is 0 Å². The van der Waals surface area contributed by atoms with Crippen LogP contribution in [0.5, 0.6) is 0 Å². The Balaban J connectivity index is 2.19. The maximum atomic E-state index is 2.77. The van der Waals surface area contributed by atoms with Gasteiger partial charge in [-0.1, -0.05) is 0 Å². The molecule has 16 heavy (non-hydrogen) atoms. The lowest BCUT2D eigenvalue weighted by Crippen LogP contribution is -2.64. The minimum absolute atomic E-state index is 0.323. The Hall–Kier alpha value is -0.0800. The molecule has 3 atom stereocenters. The lowest BCUT2D eigenvalue weighted by molar-refractivity contribution is -0.0388. The van der Waals surface area contributed by atoms with Gasteiger partial charge in [-0.25, -0.2) is 0 Å². The first-order valence-corrected chi connectivity index (χ1v) is 6.86. The highest BCUT2D eigenvalue weighted by molar-refractivity contribution is 5.03. The molecule has 2 fully saturated rings. The molecule has 2 aliphatic heterocycles. The first-order chi connectivity index (χ1) is 7.32. The van der Waals surface area contributed by atoms with E-state index in [1.165, 1.54) is 19.4 Å². The average Bonchev–Trinajstić information content (AvgIpc) is 2.47. The molecule has 0 spiro atoms. The van der Waals surface area contributed by atoms with Gasteiger partial charge in [-0.15, -0.1) is 0 Å². The Labute approximate surface area is 101 Å². The molecule has 2 aliphatic rings. The molecule has 0 aromatic heterocycles. The van der Waals surface area contributed by atoms with Gasteiger partial charge < -0.3 is 0 Å². The van der Waals surface area contributed by atoms with Crippen molar-refractivity contribution in [1.82, 2.24) is 9.80 Å². The van der Waals surface area contributed by atoms with Gasteiger partial charge in [-0.3, -0.25) is 9.80 Å². The number of hydrogen-bond acceptors (Lipinski definition) is 2. The number of nitrogens with zero attached hydrogens (tertiary/aromatic N) is 2. The Bertz CT molecular complexity index is 254. The zero-order valence-corrected chi connectivity index (χ0v) is 11.8. The van der Waals surface area contributed by atoms with Gasteiger partial charge in [0.25, 0.3) is 0 Å². The largest absolute Gasteiger partial charge is 0.293 e. The van der Waals surface area contributed by atoms with Crippen molar-refractivity contribution in [2.24, 2.45) is 0 Å². The molecule has 0 aromatic rings. The molecule has 0 saturated carbocycles. The molecule has 2 bridgehead atoms. The molecule has 2 nitrogen and oxygen atoms in total. The van der Waals surface area contributed by atoms with Crippen LogP contribution in [0.1, 0.15) is 54.4 Å². The average molecular weight is 224 g/mol. The van der Waals surface area contributed by atoms with Crippen molar-refractivity contribution in [2.45, 2.75) is 84.1 Å². The van der Waals surface area contributed by atoms with E-state index in [1.807, 2.05) is 0 Å². The molecule has 2 rings (SSSR count). The van der Waals surface area contributed by atoms with Gasteiger partial charge in [0.2, 0.25) is 0 Å². The fraction of sp³-hybridized carbons (Fsp3) is 1.00. The van der Waals surface area contributed by atoms with E-state index in [0.29, 0.717) is 17.6 Å². The fourth-order valence-electron chi connectivity index (χ4n) is 3.90. The summed E-state index contributed by atoms with van der Waals surface area (Å²) >= 11 is 0. The molecule has 0 aliphatic carbocycles. The van der Waals surface area contributed by atoms with E-state index in [9.17, 15) is 0 Å². The van der Waals surface area contributed by atoms with Gasteiger partial charge in [0.1, 0.15) is 0 Å². The summed E-state index contributed by atoms with van der Waals surface area (Å²) in [6.07, 6.45) is 2.80. The summed E-state index contributed by atoms with van der Waals surface area (Å²) in [6.45, 7) is 15.5. The zero-order chi connectivity index (χ0) is 12.1.